The number of nitrogen functional groups attached to an aromatic ring is 1. The lowest BCUT2D eigenvalue weighted by Crippen LogP contribution is -2.67. The first kappa shape index (κ1) is 35.2. The molecule has 6 rings (SSSR count). The molecule has 2 fully saturated rings. The first-order valence-electron chi connectivity index (χ1n) is 16.3. The Morgan fingerprint density at radius 3 is 2.12 bits per heavy atom. The van der Waals surface area contributed by atoms with Crippen molar-refractivity contribution in [3.8, 4) is 11.3 Å². The molecule has 2 aromatic heterocycles. The van der Waals surface area contributed by atoms with Gasteiger partial charge in [-0.25, -0.2) is 19.7 Å². The summed E-state index contributed by atoms with van der Waals surface area (Å²) < 4.78 is 61.5. The van der Waals surface area contributed by atoms with Crippen LogP contribution in [0.1, 0.15) is 40.3 Å². The standard InChI is InChI=1S/C35H40F3N7O4Si/c1-33(2,3)50(23-12-8-6-9-13-23,24-14-10-7-11-15-24)48-22-27-34(4,5)49-32(46)45(27)28-20-26(41-31(42-28)44-16-18-47-19-17-44)25-21-40-30(39)43-29(25)35(36,37)38/h6-15,20-21,27H,16-19,22H2,1-5H3,(H2,39,40,43)/t27-/m0/s1. The smallest absolute Gasteiger partial charge is 0.434 e. The third-order valence-corrected chi connectivity index (χ3v) is 14.1. The largest absolute Gasteiger partial charge is 0.441 e. The second kappa shape index (κ2) is 13.3. The molecule has 0 spiro atoms. The summed E-state index contributed by atoms with van der Waals surface area (Å²) in [5, 5.41) is 1.74. The minimum Gasteiger partial charge on any atom is -0.441 e. The van der Waals surface area contributed by atoms with E-state index < -0.39 is 49.4 Å². The predicted molar refractivity (Wildman–Crippen MR) is 186 cm³/mol. The number of benzene rings is 2. The number of hydrogen-bond donors (Lipinski definition) is 1. The molecule has 1 amide bonds. The van der Waals surface area contributed by atoms with Crippen molar-refractivity contribution in [2.75, 3.05) is 48.4 Å². The summed E-state index contributed by atoms with van der Waals surface area (Å²) in [5.74, 6) is -0.364. The van der Waals surface area contributed by atoms with Crippen molar-refractivity contribution in [1.82, 2.24) is 19.9 Å². The molecular weight excluding hydrogens is 668 g/mol. The van der Waals surface area contributed by atoms with Gasteiger partial charge in [-0.15, -0.1) is 0 Å². The molecule has 50 heavy (non-hydrogen) atoms. The maximum atomic E-state index is 14.3. The van der Waals surface area contributed by atoms with Gasteiger partial charge >= 0.3 is 12.3 Å². The first-order valence-corrected chi connectivity index (χ1v) is 18.2. The van der Waals surface area contributed by atoms with Crippen LogP contribution in [0.2, 0.25) is 5.04 Å². The van der Waals surface area contributed by atoms with Crippen LogP contribution in [0, 0.1) is 0 Å². The lowest BCUT2D eigenvalue weighted by molar-refractivity contribution is -0.140. The number of carbonyl (C=O) groups excluding carboxylic acids is 1. The number of aromatic nitrogens is 4. The molecule has 0 unspecified atom stereocenters. The topological polar surface area (TPSA) is 129 Å². The van der Waals surface area contributed by atoms with Gasteiger partial charge in [0.15, 0.2) is 5.69 Å². The van der Waals surface area contributed by atoms with E-state index >= 15 is 0 Å². The number of carbonyl (C=O) groups is 1. The fraction of sp³-hybridized carbons (Fsp3) is 0.400. The molecule has 15 heteroatoms. The fourth-order valence-electron chi connectivity index (χ4n) is 6.66. The molecule has 0 saturated carbocycles. The number of anilines is 3. The molecule has 0 aliphatic carbocycles. The second-order valence-corrected chi connectivity index (χ2v) is 18.1. The van der Waals surface area contributed by atoms with E-state index in [9.17, 15) is 18.0 Å². The Balaban J connectivity index is 1.48. The summed E-state index contributed by atoms with van der Waals surface area (Å²) >= 11 is 0. The van der Waals surface area contributed by atoms with Gasteiger partial charge in [0, 0.05) is 30.9 Å². The van der Waals surface area contributed by atoms with Gasteiger partial charge in [-0.05, 0) is 29.3 Å². The van der Waals surface area contributed by atoms with E-state index in [-0.39, 0.29) is 29.1 Å². The van der Waals surface area contributed by atoms with Gasteiger partial charge in [0.1, 0.15) is 17.5 Å². The Morgan fingerprint density at radius 1 is 0.960 bits per heavy atom. The lowest BCUT2D eigenvalue weighted by Gasteiger charge is -2.44. The van der Waals surface area contributed by atoms with Crippen LogP contribution in [0.25, 0.3) is 11.3 Å². The summed E-state index contributed by atoms with van der Waals surface area (Å²) in [6.07, 6.45) is -4.60. The minimum atomic E-state index is -4.86. The molecule has 0 radical (unpaired) electrons. The number of alkyl halides is 3. The number of nitrogens with zero attached hydrogens (tertiary/aromatic N) is 6. The quantitative estimate of drug-likeness (QED) is 0.249. The first-order chi connectivity index (χ1) is 23.6. The number of nitrogens with two attached hydrogens (primary N) is 1. The SMILES string of the molecule is CC1(C)OC(=O)N(c2cc(-c3cnc(N)nc3C(F)(F)F)nc(N3CCOCC3)n2)[C@H]1CO[Si](c1ccccc1)(c1ccccc1)C(C)(C)C. The van der Waals surface area contributed by atoms with Crippen LogP contribution < -0.4 is 25.9 Å². The number of hydrogen-bond acceptors (Lipinski definition) is 10. The van der Waals surface area contributed by atoms with Crippen molar-refractivity contribution in [1.29, 1.82) is 0 Å². The molecule has 4 aromatic rings. The van der Waals surface area contributed by atoms with E-state index in [4.69, 9.17) is 24.6 Å². The van der Waals surface area contributed by atoms with E-state index in [2.05, 4.69) is 60.0 Å². The number of cyclic esters (lactones) is 1. The van der Waals surface area contributed by atoms with Crippen LogP contribution in [0.3, 0.4) is 0 Å². The third-order valence-electron chi connectivity index (χ3n) is 9.13. The molecule has 0 bridgehead atoms. The Labute approximate surface area is 289 Å². The van der Waals surface area contributed by atoms with Gasteiger partial charge < -0.3 is 24.5 Å². The van der Waals surface area contributed by atoms with E-state index in [1.807, 2.05) is 36.4 Å². The highest BCUT2D eigenvalue weighted by atomic mass is 28.4. The minimum absolute atomic E-state index is 0.0387. The highest BCUT2D eigenvalue weighted by molar-refractivity contribution is 6.99. The van der Waals surface area contributed by atoms with Crippen LogP contribution in [0.5, 0.6) is 0 Å². The fourth-order valence-corrected chi connectivity index (χ4v) is 11.2. The molecule has 2 N–H and O–H groups in total. The maximum Gasteiger partial charge on any atom is 0.434 e. The summed E-state index contributed by atoms with van der Waals surface area (Å²) in [6.45, 7) is 11.6. The third kappa shape index (κ3) is 6.64. The van der Waals surface area contributed by atoms with Crippen molar-refractivity contribution < 1.29 is 31.9 Å². The van der Waals surface area contributed by atoms with Crippen molar-refractivity contribution in [2.24, 2.45) is 0 Å². The van der Waals surface area contributed by atoms with E-state index in [1.54, 1.807) is 18.7 Å². The Hall–Kier alpha value is -4.60. The molecule has 264 valence electrons. The summed E-state index contributed by atoms with van der Waals surface area (Å²) in [5.41, 5.74) is 2.71. The van der Waals surface area contributed by atoms with Crippen LogP contribution in [0.15, 0.2) is 72.9 Å². The molecule has 2 aliphatic heterocycles. The second-order valence-electron chi connectivity index (χ2n) is 13.8. The number of rotatable bonds is 8. The molecule has 2 aromatic carbocycles. The molecule has 2 saturated heterocycles. The van der Waals surface area contributed by atoms with Crippen LogP contribution in [-0.2, 0) is 20.1 Å². The van der Waals surface area contributed by atoms with Gasteiger partial charge in [-0.2, -0.15) is 18.2 Å². The van der Waals surface area contributed by atoms with Crippen molar-refractivity contribution in [3.63, 3.8) is 0 Å². The van der Waals surface area contributed by atoms with Crippen LogP contribution in [-0.4, -0.2) is 78.9 Å². The van der Waals surface area contributed by atoms with Gasteiger partial charge in [-0.3, -0.25) is 4.90 Å². The summed E-state index contributed by atoms with van der Waals surface area (Å²) in [6, 6.07) is 20.7. The normalized spacial score (nSPS) is 18.3. The highest BCUT2D eigenvalue weighted by Crippen LogP contribution is 2.41. The maximum absolute atomic E-state index is 14.3. The monoisotopic (exact) mass is 707 g/mol. The van der Waals surface area contributed by atoms with E-state index in [0.717, 1.165) is 16.6 Å². The number of amides is 1. The van der Waals surface area contributed by atoms with Crippen molar-refractivity contribution >= 4 is 42.5 Å². The predicted octanol–water partition coefficient (Wildman–Crippen LogP) is 5.05. The van der Waals surface area contributed by atoms with Gasteiger partial charge in [0.2, 0.25) is 11.9 Å². The average Bonchev–Trinajstić information content (AvgIpc) is 3.31. The van der Waals surface area contributed by atoms with Crippen LogP contribution in [0.4, 0.5) is 35.7 Å². The Kier molecular flexibility index (Phi) is 9.35. The summed E-state index contributed by atoms with van der Waals surface area (Å²) in [4.78, 5) is 33.6. The summed E-state index contributed by atoms with van der Waals surface area (Å²) in [7, 11) is -3.07. The Morgan fingerprint density at radius 2 is 1.56 bits per heavy atom. The van der Waals surface area contributed by atoms with Crippen molar-refractivity contribution in [3.05, 3.63) is 78.6 Å². The number of ether oxygens (including phenoxy) is 2. The number of morpholine rings is 1. The number of halogens is 3. The van der Waals surface area contributed by atoms with E-state index in [0.29, 0.717) is 26.3 Å². The van der Waals surface area contributed by atoms with Crippen LogP contribution >= 0.6 is 0 Å². The molecule has 4 heterocycles. The lowest BCUT2D eigenvalue weighted by atomic mass is 9.99. The average molecular weight is 708 g/mol. The van der Waals surface area contributed by atoms with Gasteiger partial charge in [0.05, 0.1) is 25.5 Å². The zero-order valence-corrected chi connectivity index (χ0v) is 29.6. The molecule has 11 nitrogen and oxygen atoms in total. The van der Waals surface area contributed by atoms with Crippen molar-refractivity contribution in [2.45, 2.75) is 57.5 Å². The Bertz CT molecular complexity index is 1800. The van der Waals surface area contributed by atoms with Gasteiger partial charge in [-0.1, -0.05) is 81.4 Å². The van der Waals surface area contributed by atoms with E-state index in [1.165, 1.54) is 11.0 Å². The van der Waals surface area contributed by atoms with Gasteiger partial charge in [0.25, 0.3) is 8.32 Å². The molecule has 2 aliphatic rings. The zero-order valence-electron chi connectivity index (χ0n) is 28.6. The zero-order chi connectivity index (χ0) is 35.9. The molecular formula is C35H40F3N7O4Si. The molecule has 1 atom stereocenters. The highest BCUT2D eigenvalue weighted by Gasteiger charge is 2.54.